The van der Waals surface area contributed by atoms with Crippen LogP contribution in [0.15, 0.2) is 34.2 Å². The number of nitrogens with one attached hydrogen (secondary N) is 2. The largest absolute Gasteiger partial charge is 0.357 e. The van der Waals surface area contributed by atoms with Gasteiger partial charge in [0.15, 0.2) is 15.8 Å². The third kappa shape index (κ3) is 9.09. The Labute approximate surface area is 200 Å². The van der Waals surface area contributed by atoms with Crippen LogP contribution in [-0.2, 0) is 16.3 Å². The number of rotatable bonds is 9. The van der Waals surface area contributed by atoms with Crippen LogP contribution < -0.4 is 10.6 Å². The lowest BCUT2D eigenvalue weighted by atomic mass is 9.83. The van der Waals surface area contributed by atoms with Gasteiger partial charge in [0.05, 0.1) is 11.4 Å². The van der Waals surface area contributed by atoms with Crippen molar-refractivity contribution >= 4 is 39.8 Å². The van der Waals surface area contributed by atoms with Crippen LogP contribution in [0.5, 0.6) is 0 Å². The van der Waals surface area contributed by atoms with Gasteiger partial charge in [-0.15, -0.1) is 24.0 Å². The molecule has 0 aliphatic heterocycles. The van der Waals surface area contributed by atoms with Crippen molar-refractivity contribution < 1.29 is 8.42 Å². The molecule has 0 radical (unpaired) electrons. The highest BCUT2D eigenvalue weighted by Crippen LogP contribution is 2.28. The molecule has 0 saturated heterocycles. The van der Waals surface area contributed by atoms with Crippen LogP contribution in [0.1, 0.15) is 44.6 Å². The number of nitrogens with zero attached hydrogens (tertiary/aromatic N) is 2. The molecular weight excluding hydrogens is 511 g/mol. The monoisotopic (exact) mass is 550 g/mol. The number of aliphatic imine (C=N–C) groups is 1. The van der Waals surface area contributed by atoms with Crippen molar-refractivity contribution in [1.82, 2.24) is 15.5 Å². The lowest BCUT2D eigenvalue weighted by Gasteiger charge is -2.34. The molecule has 1 saturated carbocycles. The summed E-state index contributed by atoms with van der Waals surface area (Å²) in [6.45, 7) is 4.45. The molecule has 8 heteroatoms. The molecule has 0 bridgehead atoms. The highest BCUT2D eigenvalue weighted by atomic mass is 127. The van der Waals surface area contributed by atoms with Gasteiger partial charge < -0.3 is 15.5 Å². The molecule has 1 atom stereocenters. The van der Waals surface area contributed by atoms with Crippen molar-refractivity contribution in [2.45, 2.75) is 56.4 Å². The van der Waals surface area contributed by atoms with E-state index in [2.05, 4.69) is 36.6 Å². The Balaban J connectivity index is 0.00000450. The van der Waals surface area contributed by atoms with Crippen molar-refractivity contribution in [1.29, 1.82) is 0 Å². The van der Waals surface area contributed by atoms with Gasteiger partial charge in [-0.25, -0.2) is 8.42 Å². The van der Waals surface area contributed by atoms with Gasteiger partial charge in [-0.1, -0.05) is 31.4 Å². The second-order valence-corrected chi connectivity index (χ2v) is 10.3. The number of likely N-dealkylation sites (N-methyl/N-ethyl adjacent to an activating group) is 1. The molecule has 2 N–H and O–H groups in total. The fourth-order valence-electron chi connectivity index (χ4n) is 4.01. The third-order valence-corrected chi connectivity index (χ3v) is 6.82. The van der Waals surface area contributed by atoms with Crippen molar-refractivity contribution in [2.75, 3.05) is 40.0 Å². The first-order chi connectivity index (χ1) is 13.8. The molecule has 1 aromatic rings. The molecule has 0 spiro atoms. The first kappa shape index (κ1) is 27.2. The SMILES string of the molecule is CCNC(=NCC(C1CCCCC1)N(C)C)NCCc1ccc(S(C)(=O)=O)cc1.I. The van der Waals surface area contributed by atoms with Crippen LogP contribution in [0.25, 0.3) is 0 Å². The quantitative estimate of drug-likeness (QED) is 0.281. The summed E-state index contributed by atoms with van der Waals surface area (Å²) in [7, 11) is 1.18. The molecule has 172 valence electrons. The lowest BCUT2D eigenvalue weighted by Crippen LogP contribution is -2.42. The van der Waals surface area contributed by atoms with Gasteiger partial charge in [0.25, 0.3) is 0 Å². The fraction of sp³-hybridized carbons (Fsp3) is 0.682. The molecule has 1 aliphatic carbocycles. The summed E-state index contributed by atoms with van der Waals surface area (Å²) in [5, 5.41) is 6.75. The number of halogens is 1. The smallest absolute Gasteiger partial charge is 0.191 e. The Kier molecular flexibility index (Phi) is 12.2. The number of hydrogen-bond donors (Lipinski definition) is 2. The molecule has 1 aliphatic rings. The molecule has 0 amide bonds. The highest BCUT2D eigenvalue weighted by molar-refractivity contribution is 14.0. The Bertz CT molecular complexity index is 745. The zero-order chi connectivity index (χ0) is 21.3. The fourth-order valence-corrected chi connectivity index (χ4v) is 4.64. The van der Waals surface area contributed by atoms with Crippen molar-refractivity contribution in [3.63, 3.8) is 0 Å². The van der Waals surface area contributed by atoms with Gasteiger partial charge in [0.2, 0.25) is 0 Å². The Morgan fingerprint density at radius 1 is 1.13 bits per heavy atom. The van der Waals surface area contributed by atoms with Crippen LogP contribution in [0.2, 0.25) is 0 Å². The van der Waals surface area contributed by atoms with Gasteiger partial charge in [-0.05, 0) is 63.9 Å². The summed E-state index contributed by atoms with van der Waals surface area (Å²) in [4.78, 5) is 7.55. The standard InChI is InChI=1S/C22H38N4O2S.HI/c1-5-23-22(25-17-21(26(2)3)19-9-7-6-8-10-19)24-16-15-18-11-13-20(14-12-18)29(4,27)28;/h11-14,19,21H,5-10,15-17H2,1-4H3,(H2,23,24,25);1H. The maximum absolute atomic E-state index is 11.6. The molecule has 0 aromatic heterocycles. The summed E-state index contributed by atoms with van der Waals surface area (Å²) in [6, 6.07) is 7.60. The van der Waals surface area contributed by atoms with E-state index < -0.39 is 9.84 Å². The minimum Gasteiger partial charge on any atom is -0.357 e. The predicted molar refractivity (Wildman–Crippen MR) is 137 cm³/mol. The van der Waals surface area contributed by atoms with E-state index in [1.807, 2.05) is 12.1 Å². The maximum Gasteiger partial charge on any atom is 0.191 e. The van der Waals surface area contributed by atoms with E-state index >= 15 is 0 Å². The van der Waals surface area contributed by atoms with E-state index in [0.29, 0.717) is 10.9 Å². The van der Waals surface area contributed by atoms with Crippen molar-refractivity contribution in [2.24, 2.45) is 10.9 Å². The Hall–Kier alpha value is -0.870. The number of sulfone groups is 1. The summed E-state index contributed by atoms with van der Waals surface area (Å²) >= 11 is 0. The van der Waals surface area contributed by atoms with Crippen LogP contribution in [0.4, 0.5) is 0 Å². The van der Waals surface area contributed by atoms with E-state index in [1.54, 1.807) is 12.1 Å². The summed E-state index contributed by atoms with van der Waals surface area (Å²) in [5.41, 5.74) is 1.11. The van der Waals surface area contributed by atoms with Gasteiger partial charge in [-0.2, -0.15) is 0 Å². The zero-order valence-electron chi connectivity index (χ0n) is 18.9. The second-order valence-electron chi connectivity index (χ2n) is 8.24. The average molecular weight is 551 g/mol. The zero-order valence-corrected chi connectivity index (χ0v) is 22.0. The van der Waals surface area contributed by atoms with Crippen molar-refractivity contribution in [3.8, 4) is 0 Å². The van der Waals surface area contributed by atoms with Gasteiger partial charge >= 0.3 is 0 Å². The van der Waals surface area contributed by atoms with Crippen LogP contribution in [0, 0.1) is 5.92 Å². The molecule has 6 nitrogen and oxygen atoms in total. The average Bonchev–Trinajstić information content (AvgIpc) is 2.68. The minimum atomic E-state index is -3.14. The summed E-state index contributed by atoms with van der Waals surface area (Å²) < 4.78 is 23.1. The molecule has 1 unspecified atom stereocenters. The molecule has 30 heavy (non-hydrogen) atoms. The minimum absolute atomic E-state index is 0. The second kappa shape index (κ2) is 13.5. The Morgan fingerprint density at radius 2 is 1.77 bits per heavy atom. The molecule has 2 rings (SSSR count). The lowest BCUT2D eigenvalue weighted by molar-refractivity contribution is 0.176. The van der Waals surface area contributed by atoms with Gasteiger partial charge in [0.1, 0.15) is 0 Å². The van der Waals surface area contributed by atoms with Gasteiger partial charge in [-0.3, -0.25) is 4.99 Å². The normalized spacial score (nSPS) is 16.8. The first-order valence-corrected chi connectivity index (χ1v) is 12.7. The molecule has 1 fully saturated rings. The molecular formula is C22H39IN4O2S. The van der Waals surface area contributed by atoms with E-state index in [4.69, 9.17) is 4.99 Å². The van der Waals surface area contributed by atoms with Crippen LogP contribution >= 0.6 is 24.0 Å². The van der Waals surface area contributed by atoms with Crippen molar-refractivity contribution in [3.05, 3.63) is 29.8 Å². The van der Waals surface area contributed by atoms with E-state index in [0.717, 1.165) is 43.5 Å². The maximum atomic E-state index is 11.6. The summed E-state index contributed by atoms with van der Waals surface area (Å²) in [5.74, 6) is 1.58. The summed E-state index contributed by atoms with van der Waals surface area (Å²) in [6.07, 6.45) is 8.72. The number of hydrogen-bond acceptors (Lipinski definition) is 4. The number of benzene rings is 1. The van der Waals surface area contributed by atoms with E-state index in [9.17, 15) is 8.42 Å². The first-order valence-electron chi connectivity index (χ1n) is 10.8. The number of guanidine groups is 1. The highest BCUT2D eigenvalue weighted by Gasteiger charge is 2.25. The van der Waals surface area contributed by atoms with Gasteiger partial charge in [0, 0.05) is 25.4 Å². The van der Waals surface area contributed by atoms with Crippen LogP contribution in [-0.4, -0.2) is 65.3 Å². The van der Waals surface area contributed by atoms with E-state index in [1.165, 1.54) is 38.4 Å². The van der Waals surface area contributed by atoms with Crippen LogP contribution in [0.3, 0.4) is 0 Å². The van der Waals surface area contributed by atoms with E-state index in [-0.39, 0.29) is 24.0 Å². The topological polar surface area (TPSA) is 73.8 Å². The molecule has 1 aromatic carbocycles. The molecule has 0 heterocycles. The third-order valence-electron chi connectivity index (χ3n) is 5.70. The Morgan fingerprint density at radius 3 is 2.30 bits per heavy atom. The predicted octanol–water partition coefficient (Wildman–Crippen LogP) is 3.32.